The molecule has 4 nitrogen and oxygen atoms in total. The summed E-state index contributed by atoms with van der Waals surface area (Å²) in [5.74, 6) is 0.579. The van der Waals surface area contributed by atoms with E-state index in [0.29, 0.717) is 26.1 Å². The van der Waals surface area contributed by atoms with E-state index in [1.165, 1.54) is 12.1 Å². The number of carbonyl (C=O) groups is 1. The molecule has 0 bridgehead atoms. The maximum Gasteiger partial charge on any atom is 0.242 e. The van der Waals surface area contributed by atoms with Gasteiger partial charge in [0.15, 0.2) is 5.17 Å². The Labute approximate surface area is 163 Å². The number of hydrogen-bond donors (Lipinski definition) is 0. The minimum Gasteiger partial charge on any atom is -0.489 e. The molecule has 6 heteroatoms. The second-order valence-electron chi connectivity index (χ2n) is 6.21. The lowest BCUT2D eigenvalue weighted by Crippen LogP contribution is -2.32. The summed E-state index contributed by atoms with van der Waals surface area (Å²) in [6.45, 7) is 5.58. The normalized spacial score (nSPS) is 18.3. The number of nitrogens with zero attached hydrogens (tertiary/aromatic N) is 2. The zero-order valence-electron chi connectivity index (χ0n) is 15.5. The van der Waals surface area contributed by atoms with Gasteiger partial charge in [0.2, 0.25) is 5.91 Å². The number of hydrogen-bond acceptors (Lipinski definition) is 4. The van der Waals surface area contributed by atoms with Crippen LogP contribution in [0.4, 0.5) is 4.39 Å². The fourth-order valence-corrected chi connectivity index (χ4v) is 4.22. The molecule has 0 spiro atoms. The van der Waals surface area contributed by atoms with Crippen LogP contribution in [0.1, 0.15) is 25.0 Å². The average molecular weight is 386 g/mol. The lowest BCUT2D eigenvalue weighted by Gasteiger charge is -2.13. The standard InChI is InChI=1S/C21H23FN2O2S/c1-3-23-21-24(4-2)20(25)19(27-21)13-15-8-10-18(11-9-15)26-14-16-6-5-7-17(22)12-16/h5-12,19H,3-4,13-14H2,1-2H3/t19-/m0/s1. The van der Waals surface area contributed by atoms with Crippen LogP contribution >= 0.6 is 11.8 Å². The van der Waals surface area contributed by atoms with E-state index in [9.17, 15) is 9.18 Å². The molecule has 0 N–H and O–H groups in total. The van der Waals surface area contributed by atoms with E-state index in [-0.39, 0.29) is 17.0 Å². The van der Waals surface area contributed by atoms with E-state index in [0.717, 1.165) is 22.0 Å². The maximum atomic E-state index is 13.2. The molecule has 1 aliphatic rings. The van der Waals surface area contributed by atoms with Crippen molar-refractivity contribution in [1.82, 2.24) is 4.90 Å². The van der Waals surface area contributed by atoms with Gasteiger partial charge in [0.1, 0.15) is 18.2 Å². The van der Waals surface area contributed by atoms with E-state index in [2.05, 4.69) is 4.99 Å². The minimum atomic E-state index is -0.266. The van der Waals surface area contributed by atoms with E-state index in [1.54, 1.807) is 22.7 Å². The van der Waals surface area contributed by atoms with Gasteiger partial charge in [-0.1, -0.05) is 36.0 Å². The van der Waals surface area contributed by atoms with Crippen LogP contribution in [0.2, 0.25) is 0 Å². The van der Waals surface area contributed by atoms with Crippen molar-refractivity contribution in [3.8, 4) is 5.75 Å². The second-order valence-corrected chi connectivity index (χ2v) is 7.38. The van der Waals surface area contributed by atoms with Gasteiger partial charge < -0.3 is 4.74 Å². The zero-order valence-corrected chi connectivity index (χ0v) is 16.3. The molecule has 1 aliphatic heterocycles. The number of benzene rings is 2. The first-order chi connectivity index (χ1) is 13.1. The van der Waals surface area contributed by atoms with Crippen molar-refractivity contribution in [2.24, 2.45) is 4.99 Å². The van der Waals surface area contributed by atoms with Gasteiger partial charge in [0, 0.05) is 13.1 Å². The van der Waals surface area contributed by atoms with Gasteiger partial charge in [-0.2, -0.15) is 0 Å². The third-order valence-corrected chi connectivity index (χ3v) is 5.48. The fraction of sp³-hybridized carbons (Fsp3) is 0.333. The average Bonchev–Trinajstić information content (AvgIpc) is 2.96. The monoisotopic (exact) mass is 386 g/mol. The Hall–Kier alpha value is -2.34. The summed E-state index contributed by atoms with van der Waals surface area (Å²) in [6.07, 6.45) is 0.660. The van der Waals surface area contributed by atoms with Crippen LogP contribution in [0.15, 0.2) is 53.5 Å². The van der Waals surface area contributed by atoms with Crippen molar-refractivity contribution in [2.45, 2.75) is 32.1 Å². The molecular formula is C21H23FN2O2S. The van der Waals surface area contributed by atoms with Crippen LogP contribution < -0.4 is 4.74 Å². The largest absolute Gasteiger partial charge is 0.489 e. The Morgan fingerprint density at radius 2 is 1.93 bits per heavy atom. The minimum absolute atomic E-state index is 0.126. The summed E-state index contributed by atoms with van der Waals surface area (Å²) in [5.41, 5.74) is 1.86. The quantitative estimate of drug-likeness (QED) is 0.713. The molecule has 1 atom stereocenters. The van der Waals surface area contributed by atoms with Gasteiger partial charge in [-0.05, 0) is 55.7 Å². The molecule has 3 rings (SSSR count). The molecule has 1 heterocycles. The number of aliphatic imine (C=N–C) groups is 1. The molecule has 0 unspecified atom stereocenters. The van der Waals surface area contributed by atoms with Crippen molar-refractivity contribution < 1.29 is 13.9 Å². The van der Waals surface area contributed by atoms with Gasteiger partial charge in [0.05, 0.1) is 5.25 Å². The summed E-state index contributed by atoms with van der Waals surface area (Å²) in [5, 5.41) is 0.694. The van der Waals surface area contributed by atoms with Crippen LogP contribution in [-0.2, 0) is 17.8 Å². The smallest absolute Gasteiger partial charge is 0.242 e. The van der Waals surface area contributed by atoms with Gasteiger partial charge >= 0.3 is 0 Å². The molecule has 0 radical (unpaired) electrons. The number of ether oxygens (including phenoxy) is 1. The molecular weight excluding hydrogens is 363 g/mol. The lowest BCUT2D eigenvalue weighted by molar-refractivity contribution is -0.126. The highest BCUT2D eigenvalue weighted by molar-refractivity contribution is 8.15. The molecule has 27 heavy (non-hydrogen) atoms. The van der Waals surface area contributed by atoms with Gasteiger partial charge in [-0.15, -0.1) is 0 Å². The highest BCUT2D eigenvalue weighted by Gasteiger charge is 2.36. The van der Waals surface area contributed by atoms with Crippen molar-refractivity contribution in [3.63, 3.8) is 0 Å². The number of carbonyl (C=O) groups excluding carboxylic acids is 1. The van der Waals surface area contributed by atoms with Gasteiger partial charge in [-0.3, -0.25) is 14.7 Å². The number of halogens is 1. The third kappa shape index (κ3) is 4.89. The number of amidine groups is 1. The molecule has 1 amide bonds. The summed E-state index contributed by atoms with van der Waals surface area (Å²) in [7, 11) is 0. The third-order valence-electron chi connectivity index (χ3n) is 4.27. The van der Waals surface area contributed by atoms with Crippen LogP contribution in [0, 0.1) is 5.82 Å². The molecule has 2 aromatic carbocycles. The van der Waals surface area contributed by atoms with Gasteiger partial charge in [0.25, 0.3) is 0 Å². The van der Waals surface area contributed by atoms with Crippen LogP contribution in [0.25, 0.3) is 0 Å². The number of thioether (sulfide) groups is 1. The molecule has 0 aliphatic carbocycles. The fourth-order valence-electron chi connectivity index (χ4n) is 2.92. The Morgan fingerprint density at radius 3 is 2.59 bits per heavy atom. The van der Waals surface area contributed by atoms with E-state index in [1.807, 2.05) is 44.2 Å². The van der Waals surface area contributed by atoms with Crippen LogP contribution in [-0.4, -0.2) is 34.3 Å². The first kappa shape index (κ1) is 19.4. The molecule has 2 aromatic rings. The highest BCUT2D eigenvalue weighted by atomic mass is 32.2. The Kier molecular flexibility index (Phi) is 6.50. The van der Waals surface area contributed by atoms with Crippen molar-refractivity contribution in [1.29, 1.82) is 0 Å². The van der Waals surface area contributed by atoms with Crippen molar-refractivity contribution in [2.75, 3.05) is 13.1 Å². The molecule has 1 fully saturated rings. The SMILES string of the molecule is CCN=C1S[C@@H](Cc2ccc(OCc3cccc(F)c3)cc2)C(=O)N1CC. The Bertz CT molecular complexity index is 823. The predicted molar refractivity (Wildman–Crippen MR) is 108 cm³/mol. The topological polar surface area (TPSA) is 41.9 Å². The molecule has 1 saturated heterocycles. The maximum absolute atomic E-state index is 13.2. The summed E-state index contributed by atoms with van der Waals surface area (Å²) in [4.78, 5) is 18.7. The van der Waals surface area contributed by atoms with Crippen LogP contribution in [0.5, 0.6) is 5.75 Å². The predicted octanol–water partition coefficient (Wildman–Crippen LogP) is 4.29. The van der Waals surface area contributed by atoms with Crippen LogP contribution in [0.3, 0.4) is 0 Å². The summed E-state index contributed by atoms with van der Waals surface area (Å²) in [6, 6.07) is 14.1. The summed E-state index contributed by atoms with van der Waals surface area (Å²) >= 11 is 1.54. The molecule has 0 saturated carbocycles. The van der Waals surface area contributed by atoms with E-state index in [4.69, 9.17) is 4.74 Å². The highest BCUT2D eigenvalue weighted by Crippen LogP contribution is 2.30. The molecule has 142 valence electrons. The zero-order chi connectivity index (χ0) is 19.2. The second kappa shape index (κ2) is 9.04. The first-order valence-electron chi connectivity index (χ1n) is 9.09. The van der Waals surface area contributed by atoms with E-state index < -0.39 is 0 Å². The Morgan fingerprint density at radius 1 is 1.15 bits per heavy atom. The first-order valence-corrected chi connectivity index (χ1v) is 9.97. The van der Waals surface area contributed by atoms with E-state index >= 15 is 0 Å². The van der Waals surface area contributed by atoms with Crippen molar-refractivity contribution >= 4 is 22.8 Å². The van der Waals surface area contributed by atoms with Crippen molar-refractivity contribution in [3.05, 3.63) is 65.5 Å². The summed E-state index contributed by atoms with van der Waals surface area (Å²) < 4.78 is 18.9. The Balaban J connectivity index is 1.59. The number of rotatable bonds is 7. The number of amides is 1. The lowest BCUT2D eigenvalue weighted by atomic mass is 10.1. The molecule has 0 aromatic heterocycles. The van der Waals surface area contributed by atoms with Gasteiger partial charge in [-0.25, -0.2) is 4.39 Å².